The van der Waals surface area contributed by atoms with Crippen molar-refractivity contribution in [3.63, 3.8) is 0 Å². The van der Waals surface area contributed by atoms with E-state index in [-0.39, 0.29) is 0 Å². The standard InChI is InChI=1S/C13H19NO2S/c1-16-12-2-3-13(15)11(6-12)8-14-7-10-4-5-17-9-10/h2-3,6,10,14-15H,4-5,7-9H2,1H3. The van der Waals surface area contributed by atoms with Gasteiger partial charge in [0.25, 0.3) is 0 Å². The summed E-state index contributed by atoms with van der Waals surface area (Å²) in [6.07, 6.45) is 1.31. The van der Waals surface area contributed by atoms with Gasteiger partial charge < -0.3 is 15.2 Å². The number of aromatic hydroxyl groups is 1. The van der Waals surface area contributed by atoms with Gasteiger partial charge in [0.15, 0.2) is 0 Å². The summed E-state index contributed by atoms with van der Waals surface area (Å²) in [4.78, 5) is 0. The van der Waals surface area contributed by atoms with Crippen molar-refractivity contribution in [2.24, 2.45) is 5.92 Å². The van der Waals surface area contributed by atoms with Crippen LogP contribution in [0.3, 0.4) is 0 Å². The number of hydrogen-bond donors (Lipinski definition) is 2. The average molecular weight is 253 g/mol. The minimum Gasteiger partial charge on any atom is -0.508 e. The Bertz CT molecular complexity index is 364. The Hall–Kier alpha value is -0.870. The fraction of sp³-hybridized carbons (Fsp3) is 0.538. The van der Waals surface area contributed by atoms with Gasteiger partial charge in [0, 0.05) is 12.1 Å². The molecular weight excluding hydrogens is 234 g/mol. The highest BCUT2D eigenvalue weighted by Crippen LogP contribution is 2.24. The number of phenols is 1. The van der Waals surface area contributed by atoms with Gasteiger partial charge in [-0.05, 0) is 48.6 Å². The van der Waals surface area contributed by atoms with Gasteiger partial charge in [0.1, 0.15) is 11.5 Å². The van der Waals surface area contributed by atoms with Crippen molar-refractivity contribution in [1.82, 2.24) is 5.32 Å². The molecule has 1 unspecified atom stereocenters. The Morgan fingerprint density at radius 3 is 3.12 bits per heavy atom. The summed E-state index contributed by atoms with van der Waals surface area (Å²) >= 11 is 2.03. The number of thioether (sulfide) groups is 1. The Morgan fingerprint density at radius 2 is 2.41 bits per heavy atom. The maximum absolute atomic E-state index is 9.72. The summed E-state index contributed by atoms with van der Waals surface area (Å²) in [5.74, 6) is 4.45. The second kappa shape index (κ2) is 6.17. The summed E-state index contributed by atoms with van der Waals surface area (Å²) in [6.45, 7) is 1.73. The van der Waals surface area contributed by atoms with Crippen LogP contribution in [0.15, 0.2) is 18.2 Å². The number of methoxy groups -OCH3 is 1. The van der Waals surface area contributed by atoms with E-state index in [0.29, 0.717) is 12.3 Å². The second-order valence-electron chi connectivity index (χ2n) is 4.36. The number of rotatable bonds is 5. The third-order valence-electron chi connectivity index (χ3n) is 3.06. The first-order valence-electron chi connectivity index (χ1n) is 5.94. The molecule has 2 N–H and O–H groups in total. The van der Waals surface area contributed by atoms with Gasteiger partial charge in [-0.1, -0.05) is 0 Å². The minimum atomic E-state index is 0.332. The van der Waals surface area contributed by atoms with E-state index in [2.05, 4.69) is 5.32 Å². The van der Waals surface area contributed by atoms with Gasteiger partial charge in [0.05, 0.1) is 7.11 Å². The molecule has 1 heterocycles. The van der Waals surface area contributed by atoms with Gasteiger partial charge in [0.2, 0.25) is 0 Å². The molecule has 17 heavy (non-hydrogen) atoms. The Balaban J connectivity index is 1.84. The van der Waals surface area contributed by atoms with Gasteiger partial charge >= 0.3 is 0 Å². The van der Waals surface area contributed by atoms with Crippen molar-refractivity contribution in [3.8, 4) is 11.5 Å². The van der Waals surface area contributed by atoms with Crippen molar-refractivity contribution in [3.05, 3.63) is 23.8 Å². The first-order valence-corrected chi connectivity index (χ1v) is 7.09. The molecular formula is C13H19NO2S. The normalized spacial score (nSPS) is 19.5. The van der Waals surface area contributed by atoms with Crippen LogP contribution in [0.25, 0.3) is 0 Å². The molecule has 0 bridgehead atoms. The monoisotopic (exact) mass is 253 g/mol. The van der Waals surface area contributed by atoms with Gasteiger partial charge in [-0.15, -0.1) is 0 Å². The Morgan fingerprint density at radius 1 is 1.53 bits per heavy atom. The number of ether oxygens (including phenoxy) is 1. The quantitative estimate of drug-likeness (QED) is 0.844. The zero-order valence-corrected chi connectivity index (χ0v) is 10.9. The molecule has 1 saturated heterocycles. The van der Waals surface area contributed by atoms with E-state index in [4.69, 9.17) is 4.74 Å². The van der Waals surface area contributed by atoms with Crippen LogP contribution in [0.2, 0.25) is 0 Å². The molecule has 1 aromatic rings. The zero-order chi connectivity index (χ0) is 12.1. The zero-order valence-electron chi connectivity index (χ0n) is 10.1. The lowest BCUT2D eigenvalue weighted by atomic mass is 10.1. The molecule has 1 fully saturated rings. The Kier molecular flexibility index (Phi) is 4.57. The lowest BCUT2D eigenvalue weighted by molar-refractivity contribution is 0.409. The van der Waals surface area contributed by atoms with E-state index in [1.807, 2.05) is 17.8 Å². The number of phenolic OH excluding ortho intramolecular Hbond substituents is 1. The highest BCUT2D eigenvalue weighted by Gasteiger charge is 2.14. The van der Waals surface area contributed by atoms with Crippen molar-refractivity contribution < 1.29 is 9.84 Å². The summed E-state index contributed by atoms with van der Waals surface area (Å²) < 4.78 is 5.15. The van der Waals surface area contributed by atoms with Crippen LogP contribution in [-0.2, 0) is 6.54 Å². The fourth-order valence-corrected chi connectivity index (χ4v) is 3.27. The van der Waals surface area contributed by atoms with E-state index in [1.165, 1.54) is 17.9 Å². The molecule has 1 aromatic carbocycles. The molecule has 0 saturated carbocycles. The lowest BCUT2D eigenvalue weighted by Crippen LogP contribution is -2.22. The molecule has 0 amide bonds. The van der Waals surface area contributed by atoms with Gasteiger partial charge in [-0.2, -0.15) is 11.8 Å². The first kappa shape index (κ1) is 12.6. The molecule has 4 heteroatoms. The van der Waals surface area contributed by atoms with Crippen molar-refractivity contribution in [1.29, 1.82) is 0 Å². The van der Waals surface area contributed by atoms with E-state index >= 15 is 0 Å². The van der Waals surface area contributed by atoms with Crippen LogP contribution in [0.4, 0.5) is 0 Å². The second-order valence-corrected chi connectivity index (χ2v) is 5.50. The molecule has 0 radical (unpaired) electrons. The third-order valence-corrected chi connectivity index (χ3v) is 4.29. The van der Waals surface area contributed by atoms with Crippen molar-refractivity contribution in [2.75, 3.05) is 25.2 Å². The topological polar surface area (TPSA) is 41.5 Å². The molecule has 1 atom stereocenters. The molecule has 1 aliphatic rings. The van der Waals surface area contributed by atoms with Gasteiger partial charge in [-0.3, -0.25) is 0 Å². The number of benzene rings is 1. The van der Waals surface area contributed by atoms with E-state index in [0.717, 1.165) is 23.8 Å². The largest absolute Gasteiger partial charge is 0.508 e. The van der Waals surface area contributed by atoms with E-state index < -0.39 is 0 Å². The summed E-state index contributed by atoms with van der Waals surface area (Å²) in [6, 6.07) is 5.33. The number of nitrogens with one attached hydrogen (secondary N) is 1. The number of hydrogen-bond acceptors (Lipinski definition) is 4. The predicted octanol–water partition coefficient (Wildman–Crippen LogP) is 2.24. The molecule has 2 rings (SSSR count). The van der Waals surface area contributed by atoms with Gasteiger partial charge in [-0.25, -0.2) is 0 Å². The third kappa shape index (κ3) is 3.54. The van der Waals surface area contributed by atoms with Crippen molar-refractivity contribution in [2.45, 2.75) is 13.0 Å². The van der Waals surface area contributed by atoms with Crippen LogP contribution in [0.1, 0.15) is 12.0 Å². The van der Waals surface area contributed by atoms with Crippen LogP contribution >= 0.6 is 11.8 Å². The SMILES string of the molecule is COc1ccc(O)c(CNCC2CCSC2)c1. The summed E-state index contributed by atoms with van der Waals surface area (Å²) in [5.41, 5.74) is 0.898. The maximum Gasteiger partial charge on any atom is 0.120 e. The van der Waals surface area contributed by atoms with E-state index in [9.17, 15) is 5.11 Å². The lowest BCUT2D eigenvalue weighted by Gasteiger charge is -2.11. The summed E-state index contributed by atoms with van der Waals surface area (Å²) in [5, 5.41) is 13.1. The molecule has 0 spiro atoms. The van der Waals surface area contributed by atoms with Crippen LogP contribution in [0.5, 0.6) is 11.5 Å². The average Bonchev–Trinajstić information content (AvgIpc) is 2.84. The first-order chi connectivity index (χ1) is 8.29. The predicted molar refractivity (Wildman–Crippen MR) is 71.8 cm³/mol. The van der Waals surface area contributed by atoms with Crippen molar-refractivity contribution >= 4 is 11.8 Å². The van der Waals surface area contributed by atoms with Crippen LogP contribution in [-0.4, -0.2) is 30.3 Å². The maximum atomic E-state index is 9.72. The highest BCUT2D eigenvalue weighted by atomic mass is 32.2. The molecule has 94 valence electrons. The van der Waals surface area contributed by atoms with Crippen LogP contribution < -0.4 is 10.1 Å². The molecule has 0 aromatic heterocycles. The molecule has 3 nitrogen and oxygen atoms in total. The molecule has 1 aliphatic heterocycles. The summed E-state index contributed by atoms with van der Waals surface area (Å²) in [7, 11) is 1.64. The van der Waals surface area contributed by atoms with Crippen LogP contribution in [0, 0.1) is 5.92 Å². The minimum absolute atomic E-state index is 0.332. The highest BCUT2D eigenvalue weighted by molar-refractivity contribution is 7.99. The fourth-order valence-electron chi connectivity index (χ4n) is 1.99. The van der Waals surface area contributed by atoms with E-state index in [1.54, 1.807) is 19.2 Å². The smallest absolute Gasteiger partial charge is 0.120 e. The molecule has 0 aliphatic carbocycles. The Labute approximate surface area is 107 Å².